The van der Waals surface area contributed by atoms with Crippen molar-refractivity contribution in [2.24, 2.45) is 13.0 Å². The molecule has 2 heterocycles. The highest BCUT2D eigenvalue weighted by Gasteiger charge is 2.41. The fourth-order valence-electron chi connectivity index (χ4n) is 6.21. The highest BCUT2D eigenvalue weighted by molar-refractivity contribution is 5.81. The molecule has 0 bridgehead atoms. The van der Waals surface area contributed by atoms with Crippen LogP contribution in [-0.4, -0.2) is 45.8 Å². The fourth-order valence-corrected chi connectivity index (χ4v) is 6.21. The van der Waals surface area contributed by atoms with E-state index in [4.69, 9.17) is 4.74 Å². The molecule has 2 aliphatic rings. The predicted octanol–water partition coefficient (Wildman–Crippen LogP) is 4.77. The van der Waals surface area contributed by atoms with Crippen LogP contribution in [0.1, 0.15) is 62.0 Å². The molecule has 6 heteroatoms. The summed E-state index contributed by atoms with van der Waals surface area (Å²) in [7, 11) is 1.79. The Bertz CT molecular complexity index is 1270. The van der Waals surface area contributed by atoms with Crippen molar-refractivity contribution < 1.29 is 14.6 Å². The average molecular weight is 503 g/mol. The van der Waals surface area contributed by atoms with Crippen molar-refractivity contribution in [1.82, 2.24) is 9.47 Å². The maximum absolute atomic E-state index is 14.0. The molecule has 1 saturated carbocycles. The summed E-state index contributed by atoms with van der Waals surface area (Å²) in [5, 5.41) is 12.8. The monoisotopic (exact) mass is 502 g/mol. The summed E-state index contributed by atoms with van der Waals surface area (Å²) in [5.74, 6) is -0.195. The lowest BCUT2D eigenvalue weighted by Gasteiger charge is -2.42. The fraction of sp³-hybridized carbons (Fsp3) is 0.484. The van der Waals surface area contributed by atoms with Crippen LogP contribution in [0.2, 0.25) is 0 Å². The summed E-state index contributed by atoms with van der Waals surface area (Å²) in [6, 6.07) is 19.8. The van der Waals surface area contributed by atoms with Gasteiger partial charge < -0.3 is 19.3 Å². The molecule has 1 aliphatic carbocycles. The van der Waals surface area contributed by atoms with Gasteiger partial charge in [0.2, 0.25) is 5.91 Å². The molecule has 1 N–H and O–H groups in total. The van der Waals surface area contributed by atoms with Gasteiger partial charge in [-0.1, -0.05) is 67.8 Å². The molecule has 2 aromatic carbocycles. The third kappa shape index (κ3) is 5.51. The van der Waals surface area contributed by atoms with E-state index in [2.05, 4.69) is 0 Å². The van der Waals surface area contributed by atoms with Crippen molar-refractivity contribution in [2.45, 2.75) is 63.0 Å². The number of nitrogens with zero attached hydrogens (tertiary/aromatic N) is 2. The van der Waals surface area contributed by atoms with Gasteiger partial charge in [0, 0.05) is 57.0 Å². The summed E-state index contributed by atoms with van der Waals surface area (Å²) in [5.41, 5.74) is 1.44. The molecule has 5 rings (SSSR count). The first-order valence-corrected chi connectivity index (χ1v) is 13.7. The molecule has 1 aromatic heterocycles. The number of para-hydroxylation sites is 1. The smallest absolute Gasteiger partial charge is 0.255 e. The predicted molar refractivity (Wildman–Crippen MR) is 145 cm³/mol. The Morgan fingerprint density at radius 3 is 2.46 bits per heavy atom. The van der Waals surface area contributed by atoms with Crippen LogP contribution in [0.4, 0.5) is 0 Å². The SMILES string of the molecule is Cn1c(=O)c(CN(CC(c2ccccc2)C2(O)CCOCC2)C(=O)C2CCCCC2)cc2ccccc21. The lowest BCUT2D eigenvalue weighted by atomic mass is 9.76. The van der Waals surface area contributed by atoms with E-state index in [-0.39, 0.29) is 29.8 Å². The van der Waals surface area contributed by atoms with Gasteiger partial charge >= 0.3 is 0 Å². The largest absolute Gasteiger partial charge is 0.389 e. The van der Waals surface area contributed by atoms with Crippen LogP contribution in [0, 0.1) is 5.92 Å². The summed E-state index contributed by atoms with van der Waals surface area (Å²) in [6.07, 6.45) is 6.11. The number of pyridine rings is 1. The Kier molecular flexibility index (Phi) is 7.77. The van der Waals surface area contributed by atoms with E-state index < -0.39 is 5.60 Å². The zero-order valence-corrected chi connectivity index (χ0v) is 21.8. The molecule has 1 atom stereocenters. The molecule has 0 spiro atoms. The second kappa shape index (κ2) is 11.2. The van der Waals surface area contributed by atoms with Crippen molar-refractivity contribution >= 4 is 16.8 Å². The molecule has 2 fully saturated rings. The number of amides is 1. The van der Waals surface area contributed by atoms with Gasteiger partial charge in [-0.15, -0.1) is 0 Å². The quantitative estimate of drug-likeness (QED) is 0.505. The molecular weight excluding hydrogens is 464 g/mol. The van der Waals surface area contributed by atoms with Gasteiger partial charge in [-0.05, 0) is 35.9 Å². The summed E-state index contributed by atoms with van der Waals surface area (Å²) >= 11 is 0. The highest BCUT2D eigenvalue weighted by atomic mass is 16.5. The number of fused-ring (bicyclic) bond motifs is 1. The number of aromatic nitrogens is 1. The first kappa shape index (κ1) is 25.7. The van der Waals surface area contributed by atoms with Gasteiger partial charge in [-0.25, -0.2) is 0 Å². The van der Waals surface area contributed by atoms with E-state index in [9.17, 15) is 14.7 Å². The number of carbonyl (C=O) groups is 1. The van der Waals surface area contributed by atoms with Crippen LogP contribution < -0.4 is 5.56 Å². The molecule has 1 unspecified atom stereocenters. The van der Waals surface area contributed by atoms with Gasteiger partial charge in [0.1, 0.15) is 0 Å². The second-order valence-electron chi connectivity index (χ2n) is 10.8. The molecule has 0 radical (unpaired) electrons. The Hall–Kier alpha value is -2.96. The Morgan fingerprint density at radius 2 is 1.73 bits per heavy atom. The van der Waals surface area contributed by atoms with Gasteiger partial charge in [0.15, 0.2) is 0 Å². The van der Waals surface area contributed by atoms with Gasteiger partial charge in [-0.2, -0.15) is 0 Å². The zero-order chi connectivity index (χ0) is 25.8. The van der Waals surface area contributed by atoms with Crippen LogP contribution in [0.3, 0.4) is 0 Å². The molecule has 6 nitrogen and oxygen atoms in total. The lowest BCUT2D eigenvalue weighted by molar-refractivity contribution is -0.139. The molecule has 1 amide bonds. The number of rotatable bonds is 7. The Morgan fingerprint density at radius 1 is 1.05 bits per heavy atom. The first-order valence-electron chi connectivity index (χ1n) is 13.7. The minimum atomic E-state index is -0.973. The second-order valence-corrected chi connectivity index (χ2v) is 10.8. The number of hydrogen-bond donors (Lipinski definition) is 1. The average Bonchev–Trinajstić information content (AvgIpc) is 2.94. The van der Waals surface area contributed by atoms with Crippen molar-refractivity contribution in [3.8, 4) is 0 Å². The maximum Gasteiger partial charge on any atom is 0.255 e. The number of ether oxygens (including phenoxy) is 1. The van der Waals surface area contributed by atoms with E-state index >= 15 is 0 Å². The molecule has 1 aliphatic heterocycles. The molecule has 3 aromatic rings. The molecular formula is C31H38N2O4. The number of benzene rings is 2. The van der Waals surface area contributed by atoms with Gasteiger partial charge in [0.05, 0.1) is 17.7 Å². The van der Waals surface area contributed by atoms with E-state index in [1.165, 1.54) is 6.42 Å². The van der Waals surface area contributed by atoms with Crippen LogP contribution in [0.25, 0.3) is 10.9 Å². The van der Waals surface area contributed by atoms with E-state index in [0.717, 1.165) is 42.1 Å². The third-order valence-electron chi connectivity index (χ3n) is 8.45. The van der Waals surface area contributed by atoms with Gasteiger partial charge in [0.25, 0.3) is 5.56 Å². The Balaban J connectivity index is 1.53. The Labute approximate surface area is 218 Å². The normalized spacial score (nSPS) is 19.0. The highest BCUT2D eigenvalue weighted by Crippen LogP contribution is 2.38. The molecule has 37 heavy (non-hydrogen) atoms. The van der Waals surface area contributed by atoms with Crippen molar-refractivity contribution in [3.05, 3.63) is 82.1 Å². The molecule has 196 valence electrons. The van der Waals surface area contributed by atoms with E-state index in [1.807, 2.05) is 65.6 Å². The van der Waals surface area contributed by atoms with Crippen molar-refractivity contribution in [1.29, 1.82) is 0 Å². The van der Waals surface area contributed by atoms with Crippen LogP contribution in [0.5, 0.6) is 0 Å². The third-order valence-corrected chi connectivity index (χ3v) is 8.45. The van der Waals surface area contributed by atoms with Crippen LogP contribution in [0.15, 0.2) is 65.5 Å². The van der Waals surface area contributed by atoms with Gasteiger partial charge in [-0.3, -0.25) is 9.59 Å². The number of carbonyl (C=O) groups excluding carboxylic acids is 1. The van der Waals surface area contributed by atoms with Crippen molar-refractivity contribution in [3.63, 3.8) is 0 Å². The standard InChI is InChI=1S/C31H38N2O4/c1-32-28-15-9-8-14-25(28)20-26(29(32)34)21-33(30(35)24-12-6-3-7-13-24)22-27(23-10-4-2-5-11-23)31(36)16-18-37-19-17-31/h2,4-5,8-11,14-15,20,24,27,36H,3,6-7,12-13,16-19,21-22H2,1H3. The number of aryl methyl sites for hydroxylation is 1. The number of aliphatic hydroxyl groups is 1. The van der Waals surface area contributed by atoms with Crippen LogP contribution >= 0.6 is 0 Å². The first-order chi connectivity index (χ1) is 18.0. The molecule has 1 saturated heterocycles. The summed E-state index contributed by atoms with van der Waals surface area (Å²) < 4.78 is 7.25. The minimum Gasteiger partial charge on any atom is -0.389 e. The van der Waals surface area contributed by atoms with Crippen molar-refractivity contribution in [2.75, 3.05) is 19.8 Å². The topological polar surface area (TPSA) is 71.8 Å². The number of hydrogen-bond acceptors (Lipinski definition) is 4. The van der Waals surface area contributed by atoms with E-state index in [1.54, 1.807) is 11.6 Å². The van der Waals surface area contributed by atoms with E-state index in [0.29, 0.717) is 38.2 Å². The summed E-state index contributed by atoms with van der Waals surface area (Å²) in [4.78, 5) is 29.3. The minimum absolute atomic E-state index is 0.0289. The lowest BCUT2D eigenvalue weighted by Crippen LogP contribution is -2.49. The van der Waals surface area contributed by atoms with Crippen LogP contribution in [-0.2, 0) is 23.1 Å². The zero-order valence-electron chi connectivity index (χ0n) is 21.8. The maximum atomic E-state index is 14.0. The summed E-state index contributed by atoms with van der Waals surface area (Å²) in [6.45, 7) is 1.61.